The zero-order valence-electron chi connectivity index (χ0n) is 13.3. The summed E-state index contributed by atoms with van der Waals surface area (Å²) in [7, 11) is 0. The lowest BCUT2D eigenvalue weighted by Gasteiger charge is -2.37. The second-order valence-electron chi connectivity index (χ2n) is 6.97. The number of nitrogens with one attached hydrogen (secondary N) is 2. The van der Waals surface area contributed by atoms with Crippen molar-refractivity contribution in [1.29, 1.82) is 0 Å². The second-order valence-corrected chi connectivity index (χ2v) is 7.41. The molecule has 0 spiro atoms. The van der Waals surface area contributed by atoms with Crippen LogP contribution in [0.1, 0.15) is 29.9 Å². The number of benzene rings is 2. The third-order valence-electron chi connectivity index (χ3n) is 5.16. The van der Waals surface area contributed by atoms with Crippen LogP contribution in [0.25, 0.3) is 0 Å². The van der Waals surface area contributed by atoms with Crippen molar-refractivity contribution in [1.82, 2.24) is 10.6 Å². The van der Waals surface area contributed by atoms with Crippen molar-refractivity contribution in [3.8, 4) is 0 Å². The van der Waals surface area contributed by atoms with Crippen LogP contribution in [0.5, 0.6) is 0 Å². The van der Waals surface area contributed by atoms with Crippen LogP contribution in [0.4, 0.5) is 0 Å². The zero-order chi connectivity index (χ0) is 15.7. The Balaban J connectivity index is 1.66. The molecule has 0 aromatic heterocycles. The van der Waals surface area contributed by atoms with Crippen LogP contribution < -0.4 is 10.6 Å². The molecule has 2 aliphatic rings. The van der Waals surface area contributed by atoms with Crippen molar-refractivity contribution in [2.24, 2.45) is 0 Å². The lowest BCUT2D eigenvalue weighted by atomic mass is 9.77. The van der Waals surface area contributed by atoms with E-state index >= 15 is 0 Å². The van der Waals surface area contributed by atoms with E-state index in [1.54, 1.807) is 0 Å². The summed E-state index contributed by atoms with van der Waals surface area (Å²) in [5.74, 6) is 0.473. The largest absolute Gasteiger partial charge is 0.314 e. The maximum absolute atomic E-state index is 6.08. The average Bonchev–Trinajstić information content (AvgIpc) is 3.28. The molecule has 1 saturated heterocycles. The topological polar surface area (TPSA) is 24.1 Å². The molecule has 23 heavy (non-hydrogen) atoms. The van der Waals surface area contributed by atoms with Gasteiger partial charge in [0.25, 0.3) is 0 Å². The van der Waals surface area contributed by atoms with Crippen LogP contribution in [-0.2, 0) is 6.42 Å². The van der Waals surface area contributed by atoms with Crippen molar-refractivity contribution in [3.63, 3.8) is 0 Å². The Hall–Kier alpha value is -1.35. The molecule has 3 heteroatoms. The van der Waals surface area contributed by atoms with E-state index < -0.39 is 0 Å². The van der Waals surface area contributed by atoms with Gasteiger partial charge in [-0.25, -0.2) is 0 Å². The molecule has 2 fully saturated rings. The van der Waals surface area contributed by atoms with Gasteiger partial charge < -0.3 is 10.6 Å². The van der Waals surface area contributed by atoms with Crippen LogP contribution >= 0.6 is 11.6 Å². The number of rotatable bonds is 5. The molecular formula is C20H23ClN2. The molecule has 4 rings (SSSR count). The van der Waals surface area contributed by atoms with E-state index in [1.807, 2.05) is 12.1 Å². The van der Waals surface area contributed by atoms with Crippen molar-refractivity contribution in [2.75, 3.05) is 13.1 Å². The Morgan fingerprint density at radius 2 is 1.78 bits per heavy atom. The van der Waals surface area contributed by atoms with Gasteiger partial charge in [0.1, 0.15) is 0 Å². The van der Waals surface area contributed by atoms with Crippen LogP contribution in [-0.4, -0.2) is 24.7 Å². The lowest BCUT2D eigenvalue weighted by molar-refractivity contribution is 0.313. The highest BCUT2D eigenvalue weighted by atomic mass is 35.5. The third-order valence-corrected chi connectivity index (χ3v) is 5.41. The Morgan fingerprint density at radius 1 is 1.04 bits per heavy atom. The maximum atomic E-state index is 6.08. The van der Waals surface area contributed by atoms with Gasteiger partial charge in [-0.1, -0.05) is 54.1 Å². The third kappa shape index (κ3) is 3.30. The predicted molar refractivity (Wildman–Crippen MR) is 96.1 cm³/mol. The molecule has 2 atom stereocenters. The first kappa shape index (κ1) is 15.2. The maximum Gasteiger partial charge on any atom is 0.0430 e. The van der Waals surface area contributed by atoms with E-state index in [4.69, 9.17) is 11.6 Å². The highest BCUT2D eigenvalue weighted by molar-refractivity contribution is 6.30. The average molecular weight is 327 g/mol. The van der Waals surface area contributed by atoms with Gasteiger partial charge in [-0.15, -0.1) is 0 Å². The Labute approximate surface area is 143 Å². The Kier molecular flexibility index (Phi) is 4.14. The fraction of sp³-hybridized carbons (Fsp3) is 0.400. The second kappa shape index (κ2) is 6.27. The molecular weight excluding hydrogens is 304 g/mol. The SMILES string of the molecule is Clc1ccc([C@@H]2CNC[C@@]2(Cc2ccccc2)NC2CC2)cc1. The van der Waals surface area contributed by atoms with Gasteiger partial charge in [0.2, 0.25) is 0 Å². The Bertz CT molecular complexity index is 651. The summed E-state index contributed by atoms with van der Waals surface area (Å²) < 4.78 is 0. The molecule has 0 unspecified atom stereocenters. The minimum absolute atomic E-state index is 0.0936. The molecule has 1 heterocycles. The van der Waals surface area contributed by atoms with Gasteiger partial charge in [0.15, 0.2) is 0 Å². The van der Waals surface area contributed by atoms with Gasteiger partial charge >= 0.3 is 0 Å². The van der Waals surface area contributed by atoms with E-state index in [1.165, 1.54) is 24.0 Å². The van der Waals surface area contributed by atoms with Crippen molar-refractivity contribution in [3.05, 3.63) is 70.7 Å². The van der Waals surface area contributed by atoms with Gasteiger partial charge in [0, 0.05) is 35.6 Å². The van der Waals surface area contributed by atoms with Crippen molar-refractivity contribution >= 4 is 11.6 Å². The molecule has 0 radical (unpaired) electrons. The van der Waals surface area contributed by atoms with Crippen LogP contribution in [0.15, 0.2) is 54.6 Å². The molecule has 0 bridgehead atoms. The minimum atomic E-state index is 0.0936. The highest BCUT2D eigenvalue weighted by Gasteiger charge is 2.46. The summed E-state index contributed by atoms with van der Waals surface area (Å²) >= 11 is 6.08. The summed E-state index contributed by atoms with van der Waals surface area (Å²) in [6.07, 6.45) is 3.68. The van der Waals surface area contributed by atoms with E-state index in [0.717, 1.165) is 24.5 Å². The molecule has 0 amide bonds. The van der Waals surface area contributed by atoms with Gasteiger partial charge in [-0.3, -0.25) is 0 Å². The van der Waals surface area contributed by atoms with E-state index in [-0.39, 0.29) is 5.54 Å². The normalized spacial score (nSPS) is 27.3. The first-order valence-corrected chi connectivity index (χ1v) is 8.91. The Morgan fingerprint density at radius 3 is 2.48 bits per heavy atom. The number of hydrogen-bond acceptors (Lipinski definition) is 2. The molecule has 1 aliphatic carbocycles. The lowest BCUT2D eigenvalue weighted by Crippen LogP contribution is -2.53. The molecule has 2 aromatic carbocycles. The molecule has 1 aliphatic heterocycles. The number of hydrogen-bond donors (Lipinski definition) is 2. The van der Waals surface area contributed by atoms with E-state index in [0.29, 0.717) is 12.0 Å². The van der Waals surface area contributed by atoms with Gasteiger partial charge in [0.05, 0.1) is 0 Å². The van der Waals surface area contributed by atoms with Crippen LogP contribution in [0, 0.1) is 0 Å². The van der Waals surface area contributed by atoms with Crippen molar-refractivity contribution in [2.45, 2.75) is 36.8 Å². The van der Waals surface area contributed by atoms with E-state index in [2.05, 4.69) is 53.1 Å². The molecule has 2 aromatic rings. The monoisotopic (exact) mass is 326 g/mol. The standard InChI is InChI=1S/C20H23ClN2/c21-17-8-6-16(7-9-17)19-13-22-14-20(19,23-18-10-11-18)12-15-4-2-1-3-5-15/h1-9,18-19,22-23H,10-14H2/t19-,20+/m0/s1. The molecule has 2 N–H and O–H groups in total. The fourth-order valence-corrected chi connectivity index (χ4v) is 4.00. The first-order chi connectivity index (χ1) is 11.3. The summed E-state index contributed by atoms with van der Waals surface area (Å²) in [4.78, 5) is 0. The zero-order valence-corrected chi connectivity index (χ0v) is 14.0. The number of halogens is 1. The smallest absolute Gasteiger partial charge is 0.0430 e. The van der Waals surface area contributed by atoms with Crippen LogP contribution in [0.3, 0.4) is 0 Å². The quantitative estimate of drug-likeness (QED) is 0.874. The predicted octanol–water partition coefficient (Wildman–Crippen LogP) is 3.76. The summed E-state index contributed by atoms with van der Waals surface area (Å²) in [5.41, 5.74) is 2.88. The summed E-state index contributed by atoms with van der Waals surface area (Å²) in [5, 5.41) is 8.43. The first-order valence-electron chi connectivity index (χ1n) is 8.53. The molecule has 2 nitrogen and oxygen atoms in total. The van der Waals surface area contributed by atoms with Crippen molar-refractivity contribution < 1.29 is 0 Å². The fourth-order valence-electron chi connectivity index (χ4n) is 3.87. The van der Waals surface area contributed by atoms with Gasteiger partial charge in [-0.2, -0.15) is 0 Å². The molecule has 1 saturated carbocycles. The molecule has 120 valence electrons. The van der Waals surface area contributed by atoms with Crippen LogP contribution in [0.2, 0.25) is 5.02 Å². The highest BCUT2D eigenvalue weighted by Crippen LogP contribution is 2.38. The van der Waals surface area contributed by atoms with E-state index in [9.17, 15) is 0 Å². The van der Waals surface area contributed by atoms with Gasteiger partial charge in [-0.05, 0) is 42.5 Å². The summed E-state index contributed by atoms with van der Waals surface area (Å²) in [6.45, 7) is 2.04. The minimum Gasteiger partial charge on any atom is -0.314 e. The summed E-state index contributed by atoms with van der Waals surface area (Å²) in [6, 6.07) is 19.9.